The van der Waals surface area contributed by atoms with Crippen molar-refractivity contribution in [3.8, 4) is 0 Å². The van der Waals surface area contributed by atoms with Crippen molar-refractivity contribution in [2.75, 3.05) is 6.26 Å². The minimum absolute atomic E-state index is 0.327. The van der Waals surface area contributed by atoms with Crippen molar-refractivity contribution in [1.82, 2.24) is 5.32 Å². The molecule has 0 bridgehead atoms. The van der Waals surface area contributed by atoms with Crippen molar-refractivity contribution >= 4 is 22.2 Å². The van der Waals surface area contributed by atoms with Crippen molar-refractivity contribution in [3.05, 3.63) is 35.6 Å². The van der Waals surface area contributed by atoms with Crippen LogP contribution in [0.5, 0.6) is 0 Å². The zero-order chi connectivity index (χ0) is 18.3. The second kappa shape index (κ2) is 5.84. The van der Waals surface area contributed by atoms with Crippen LogP contribution in [0.15, 0.2) is 24.3 Å². The lowest BCUT2D eigenvalue weighted by Gasteiger charge is -2.22. The van der Waals surface area contributed by atoms with E-state index >= 15 is 0 Å². The molecule has 1 aliphatic rings. The van der Waals surface area contributed by atoms with Gasteiger partial charge in [-0.1, -0.05) is 12.1 Å². The number of alkyl carbamates (subject to hydrolysis) is 1. The van der Waals surface area contributed by atoms with Gasteiger partial charge in [0, 0.05) is 12.2 Å². The number of sulfone groups is 1. The van der Waals surface area contributed by atoms with Gasteiger partial charge in [0.15, 0.2) is 9.84 Å². The molecule has 0 unspecified atom stereocenters. The lowest BCUT2D eigenvalue weighted by molar-refractivity contribution is -0.110. The predicted molar refractivity (Wildman–Crippen MR) is 85.9 cm³/mol. The molecule has 0 aliphatic heterocycles. The largest absolute Gasteiger partial charge is 0.444 e. The van der Waals surface area contributed by atoms with Crippen LogP contribution in [-0.2, 0) is 19.4 Å². The van der Waals surface area contributed by atoms with Crippen molar-refractivity contribution < 1.29 is 27.1 Å². The standard InChI is InChI=1S/C16H20FNO5S/c1-15(2,3)23-14(20)18-16(9-19)12(13(16)24(4,21)22)10-6-5-7-11(17)8-10/h5-9,12-13H,1-4H3,(H,18,20)/t12-,13-,16-/m1/s1. The summed E-state index contributed by atoms with van der Waals surface area (Å²) in [4.78, 5) is 23.7. The lowest BCUT2D eigenvalue weighted by Crippen LogP contribution is -2.45. The van der Waals surface area contributed by atoms with Crippen molar-refractivity contribution in [1.29, 1.82) is 0 Å². The van der Waals surface area contributed by atoms with E-state index in [2.05, 4.69) is 5.32 Å². The van der Waals surface area contributed by atoms with Crippen molar-refractivity contribution in [2.24, 2.45) is 0 Å². The van der Waals surface area contributed by atoms with E-state index in [0.29, 0.717) is 11.8 Å². The second-order valence-corrected chi connectivity index (χ2v) is 9.13. The molecule has 1 aliphatic carbocycles. The van der Waals surface area contributed by atoms with Gasteiger partial charge in [-0.05, 0) is 38.5 Å². The molecular formula is C16H20FNO5S. The fourth-order valence-corrected chi connectivity index (χ4v) is 4.69. The van der Waals surface area contributed by atoms with Gasteiger partial charge in [0.2, 0.25) is 0 Å². The number of rotatable bonds is 4. The minimum Gasteiger partial charge on any atom is -0.444 e. The van der Waals surface area contributed by atoms with E-state index in [1.807, 2.05) is 0 Å². The fourth-order valence-electron chi connectivity index (χ4n) is 2.93. The van der Waals surface area contributed by atoms with E-state index in [4.69, 9.17) is 4.74 Å². The van der Waals surface area contributed by atoms with E-state index in [0.717, 1.165) is 12.3 Å². The molecule has 6 nitrogen and oxygen atoms in total. The molecule has 8 heteroatoms. The van der Waals surface area contributed by atoms with Gasteiger partial charge in [0.1, 0.15) is 28.5 Å². The topological polar surface area (TPSA) is 89.5 Å². The number of carbonyl (C=O) groups excluding carboxylic acids is 2. The molecule has 1 N–H and O–H groups in total. The number of hydrogen-bond acceptors (Lipinski definition) is 5. The predicted octanol–water partition coefficient (Wildman–Crippen LogP) is 1.80. The first-order valence-corrected chi connectivity index (χ1v) is 9.28. The van der Waals surface area contributed by atoms with Gasteiger partial charge in [-0.25, -0.2) is 17.6 Å². The molecule has 2 rings (SSSR count). The molecule has 0 aromatic heterocycles. The Morgan fingerprint density at radius 1 is 1.38 bits per heavy atom. The second-order valence-electron chi connectivity index (χ2n) is 6.96. The number of nitrogens with one attached hydrogen (secondary N) is 1. The summed E-state index contributed by atoms with van der Waals surface area (Å²) in [6.45, 7) is 4.93. The molecule has 24 heavy (non-hydrogen) atoms. The average Bonchev–Trinajstić information content (AvgIpc) is 3.05. The first-order chi connectivity index (χ1) is 10.9. The molecule has 1 amide bonds. The van der Waals surface area contributed by atoms with Gasteiger partial charge in [-0.15, -0.1) is 0 Å². The lowest BCUT2D eigenvalue weighted by atomic mass is 10.1. The Morgan fingerprint density at radius 2 is 2.00 bits per heavy atom. The summed E-state index contributed by atoms with van der Waals surface area (Å²) in [5.41, 5.74) is -2.14. The Balaban J connectivity index is 2.38. The summed E-state index contributed by atoms with van der Waals surface area (Å²) in [6, 6.07) is 5.31. The smallest absolute Gasteiger partial charge is 0.408 e. The zero-order valence-electron chi connectivity index (χ0n) is 13.9. The number of ether oxygens (including phenoxy) is 1. The van der Waals surface area contributed by atoms with Crippen LogP contribution in [0.2, 0.25) is 0 Å². The van der Waals surface area contributed by atoms with Gasteiger partial charge in [-0.3, -0.25) is 0 Å². The molecule has 1 saturated carbocycles. The van der Waals surface area contributed by atoms with E-state index < -0.39 is 44.1 Å². The highest BCUT2D eigenvalue weighted by Gasteiger charge is 2.72. The van der Waals surface area contributed by atoms with Crippen LogP contribution < -0.4 is 5.32 Å². The average molecular weight is 357 g/mol. The first kappa shape index (κ1) is 18.4. The van der Waals surface area contributed by atoms with E-state index in [1.165, 1.54) is 18.2 Å². The third-order valence-corrected chi connectivity index (χ3v) is 5.35. The summed E-state index contributed by atoms with van der Waals surface area (Å²) in [6.07, 6.45) is 0.464. The van der Waals surface area contributed by atoms with E-state index in [9.17, 15) is 22.4 Å². The van der Waals surface area contributed by atoms with E-state index in [-0.39, 0.29) is 0 Å². The van der Waals surface area contributed by atoms with Crippen LogP contribution in [-0.4, -0.2) is 43.4 Å². The molecular weight excluding hydrogens is 337 g/mol. The third kappa shape index (κ3) is 3.58. The summed E-state index contributed by atoms with van der Waals surface area (Å²) in [5, 5.41) is 1.20. The number of amides is 1. The number of hydrogen-bond donors (Lipinski definition) is 1. The Labute approximate surface area is 140 Å². The molecule has 0 saturated heterocycles. The molecule has 0 spiro atoms. The molecule has 132 valence electrons. The number of halogens is 1. The maximum Gasteiger partial charge on any atom is 0.408 e. The van der Waals surface area contributed by atoms with Crippen molar-refractivity contribution in [3.63, 3.8) is 0 Å². The van der Waals surface area contributed by atoms with Crippen molar-refractivity contribution in [2.45, 2.75) is 43.1 Å². The van der Waals surface area contributed by atoms with Crippen LogP contribution in [0.1, 0.15) is 32.3 Å². The Hall–Kier alpha value is -1.96. The van der Waals surface area contributed by atoms with E-state index in [1.54, 1.807) is 20.8 Å². The van der Waals surface area contributed by atoms with Gasteiger partial charge >= 0.3 is 6.09 Å². The van der Waals surface area contributed by atoms with Crippen LogP contribution in [0.25, 0.3) is 0 Å². The highest BCUT2D eigenvalue weighted by atomic mass is 32.2. The number of benzene rings is 1. The maximum absolute atomic E-state index is 13.5. The van der Waals surface area contributed by atoms with Gasteiger partial charge in [-0.2, -0.15) is 0 Å². The van der Waals surface area contributed by atoms with Gasteiger partial charge < -0.3 is 14.8 Å². The quantitative estimate of drug-likeness (QED) is 0.830. The number of aldehydes is 1. The van der Waals surface area contributed by atoms with Crippen LogP contribution in [0.3, 0.4) is 0 Å². The molecule has 1 fully saturated rings. The zero-order valence-corrected chi connectivity index (χ0v) is 14.7. The Bertz CT molecular complexity index is 771. The first-order valence-electron chi connectivity index (χ1n) is 7.32. The highest BCUT2D eigenvalue weighted by molar-refractivity contribution is 7.91. The third-order valence-electron chi connectivity index (χ3n) is 3.76. The highest BCUT2D eigenvalue weighted by Crippen LogP contribution is 2.54. The minimum atomic E-state index is -3.67. The monoisotopic (exact) mass is 357 g/mol. The summed E-state index contributed by atoms with van der Waals surface area (Å²) in [7, 11) is -3.67. The maximum atomic E-state index is 13.5. The summed E-state index contributed by atoms with van der Waals surface area (Å²) in [5.74, 6) is -1.42. The van der Waals surface area contributed by atoms with Crippen LogP contribution in [0.4, 0.5) is 9.18 Å². The Morgan fingerprint density at radius 3 is 2.46 bits per heavy atom. The normalized spacial score (nSPS) is 26.5. The number of carbonyl (C=O) groups is 2. The summed E-state index contributed by atoms with van der Waals surface area (Å²) < 4.78 is 42.7. The van der Waals surface area contributed by atoms with Gasteiger partial charge in [0.05, 0.1) is 0 Å². The SMILES string of the molecule is CC(C)(C)OC(=O)N[C@]1(C=O)[C@H](c2cccc(F)c2)[C@H]1S(C)(=O)=O. The molecule has 0 heterocycles. The fraction of sp³-hybridized carbons (Fsp3) is 0.500. The Kier molecular flexibility index (Phi) is 4.47. The molecule has 3 atom stereocenters. The summed E-state index contributed by atoms with van der Waals surface area (Å²) >= 11 is 0. The van der Waals surface area contributed by atoms with Crippen LogP contribution in [0, 0.1) is 5.82 Å². The van der Waals surface area contributed by atoms with Gasteiger partial charge in [0.25, 0.3) is 0 Å². The molecule has 1 aromatic rings. The van der Waals surface area contributed by atoms with Crippen LogP contribution >= 0.6 is 0 Å². The molecule has 1 aromatic carbocycles. The molecule has 0 radical (unpaired) electrons.